The van der Waals surface area contributed by atoms with Gasteiger partial charge in [-0.05, 0) is 42.8 Å². The number of anilines is 1. The van der Waals surface area contributed by atoms with Crippen molar-refractivity contribution in [2.24, 2.45) is 0 Å². The van der Waals surface area contributed by atoms with Crippen LogP contribution in [0.15, 0.2) is 65.9 Å². The average molecular weight is 395 g/mol. The van der Waals surface area contributed by atoms with Crippen molar-refractivity contribution < 1.29 is 0 Å². The molecular formula is C18H15BrN6. The summed E-state index contributed by atoms with van der Waals surface area (Å²) in [5.74, 6) is 0.819. The Morgan fingerprint density at radius 2 is 1.88 bits per heavy atom. The van der Waals surface area contributed by atoms with Gasteiger partial charge in [-0.3, -0.25) is 0 Å². The Balaban J connectivity index is 1.60. The zero-order valence-corrected chi connectivity index (χ0v) is 15.1. The first-order valence-corrected chi connectivity index (χ1v) is 8.62. The first-order valence-electron chi connectivity index (χ1n) is 7.82. The number of hydrogen-bond donors (Lipinski definition) is 1. The third kappa shape index (κ3) is 3.23. The molecule has 0 saturated heterocycles. The molecule has 0 spiro atoms. The lowest BCUT2D eigenvalue weighted by molar-refractivity contribution is 0.859. The van der Waals surface area contributed by atoms with Crippen LogP contribution in [-0.4, -0.2) is 24.7 Å². The molecule has 4 rings (SSSR count). The highest BCUT2D eigenvalue weighted by molar-refractivity contribution is 9.10. The summed E-state index contributed by atoms with van der Waals surface area (Å²) >= 11 is 3.51. The summed E-state index contributed by atoms with van der Waals surface area (Å²) in [6.45, 7) is 2.11. The SMILES string of the molecule is CC(Nc1ncnc2ccc(Br)cc12)c1ccc(-n2cncn2)cc1. The Morgan fingerprint density at radius 1 is 1.04 bits per heavy atom. The number of nitrogens with zero attached hydrogens (tertiary/aromatic N) is 5. The Morgan fingerprint density at radius 3 is 2.64 bits per heavy atom. The predicted molar refractivity (Wildman–Crippen MR) is 101 cm³/mol. The van der Waals surface area contributed by atoms with Crippen LogP contribution in [0, 0.1) is 0 Å². The maximum Gasteiger partial charge on any atom is 0.138 e. The van der Waals surface area contributed by atoms with E-state index < -0.39 is 0 Å². The zero-order valence-electron chi connectivity index (χ0n) is 13.5. The first kappa shape index (κ1) is 15.7. The molecule has 0 bridgehead atoms. The van der Waals surface area contributed by atoms with Crippen LogP contribution in [0.4, 0.5) is 5.82 Å². The van der Waals surface area contributed by atoms with E-state index in [0.717, 1.165) is 32.4 Å². The van der Waals surface area contributed by atoms with E-state index in [4.69, 9.17) is 0 Å². The number of aromatic nitrogens is 5. The topological polar surface area (TPSA) is 68.5 Å². The van der Waals surface area contributed by atoms with Crippen LogP contribution in [0.2, 0.25) is 0 Å². The van der Waals surface area contributed by atoms with Crippen LogP contribution >= 0.6 is 15.9 Å². The molecule has 2 aromatic carbocycles. The van der Waals surface area contributed by atoms with Gasteiger partial charge >= 0.3 is 0 Å². The number of benzene rings is 2. The van der Waals surface area contributed by atoms with E-state index in [1.165, 1.54) is 6.33 Å². The molecule has 0 fully saturated rings. The minimum absolute atomic E-state index is 0.0990. The molecule has 1 N–H and O–H groups in total. The van der Waals surface area contributed by atoms with Crippen LogP contribution in [0.25, 0.3) is 16.6 Å². The molecule has 6 nitrogen and oxygen atoms in total. The molecule has 1 atom stereocenters. The number of hydrogen-bond acceptors (Lipinski definition) is 5. The Hall–Kier alpha value is -2.80. The summed E-state index contributed by atoms with van der Waals surface area (Å²) < 4.78 is 2.74. The van der Waals surface area contributed by atoms with Crippen molar-refractivity contribution in [1.29, 1.82) is 0 Å². The quantitative estimate of drug-likeness (QED) is 0.562. The lowest BCUT2D eigenvalue weighted by atomic mass is 10.1. The van der Waals surface area contributed by atoms with Gasteiger partial charge in [-0.2, -0.15) is 5.10 Å². The van der Waals surface area contributed by atoms with E-state index in [0.29, 0.717) is 0 Å². The average Bonchev–Trinajstić information content (AvgIpc) is 3.17. The molecule has 4 aromatic rings. The summed E-state index contributed by atoms with van der Waals surface area (Å²) in [7, 11) is 0. The lowest BCUT2D eigenvalue weighted by Gasteiger charge is -2.16. The van der Waals surface area contributed by atoms with Crippen LogP contribution in [-0.2, 0) is 0 Å². The molecule has 124 valence electrons. The van der Waals surface area contributed by atoms with Gasteiger partial charge in [0, 0.05) is 15.9 Å². The van der Waals surface area contributed by atoms with Crippen LogP contribution in [0.3, 0.4) is 0 Å². The maximum absolute atomic E-state index is 4.41. The second-order valence-electron chi connectivity index (χ2n) is 5.68. The molecule has 0 aliphatic carbocycles. The molecule has 25 heavy (non-hydrogen) atoms. The van der Waals surface area contributed by atoms with E-state index in [1.807, 2.05) is 30.3 Å². The Kier molecular flexibility index (Phi) is 4.15. The smallest absolute Gasteiger partial charge is 0.138 e. The van der Waals surface area contributed by atoms with Crippen LogP contribution in [0.5, 0.6) is 0 Å². The van der Waals surface area contributed by atoms with Gasteiger partial charge in [-0.15, -0.1) is 0 Å². The summed E-state index contributed by atoms with van der Waals surface area (Å²) in [4.78, 5) is 12.7. The minimum Gasteiger partial charge on any atom is -0.363 e. The molecule has 2 heterocycles. The highest BCUT2D eigenvalue weighted by Crippen LogP contribution is 2.26. The van der Waals surface area contributed by atoms with Crippen molar-refractivity contribution in [3.05, 3.63) is 71.5 Å². The van der Waals surface area contributed by atoms with Crippen molar-refractivity contribution in [1.82, 2.24) is 24.7 Å². The maximum atomic E-state index is 4.41. The second-order valence-corrected chi connectivity index (χ2v) is 6.60. The van der Waals surface area contributed by atoms with E-state index in [1.54, 1.807) is 17.3 Å². The van der Waals surface area contributed by atoms with Gasteiger partial charge in [0.1, 0.15) is 24.8 Å². The molecule has 0 aliphatic heterocycles. The van der Waals surface area contributed by atoms with Gasteiger partial charge < -0.3 is 5.32 Å². The van der Waals surface area contributed by atoms with Gasteiger partial charge in [0.25, 0.3) is 0 Å². The third-order valence-electron chi connectivity index (χ3n) is 4.03. The van der Waals surface area contributed by atoms with Crippen molar-refractivity contribution in [2.75, 3.05) is 5.32 Å². The molecule has 2 aromatic heterocycles. The molecule has 7 heteroatoms. The highest BCUT2D eigenvalue weighted by atomic mass is 79.9. The standard InChI is InChI=1S/C18H15BrN6/c1-12(13-2-5-15(6-3-13)25-11-20-9-23-25)24-18-16-8-14(19)4-7-17(16)21-10-22-18/h2-12H,1H3,(H,21,22,24). The number of nitrogens with one attached hydrogen (secondary N) is 1. The zero-order chi connectivity index (χ0) is 17.2. The number of fused-ring (bicyclic) bond motifs is 1. The lowest BCUT2D eigenvalue weighted by Crippen LogP contribution is -2.09. The molecule has 0 saturated carbocycles. The van der Waals surface area contributed by atoms with Crippen LogP contribution < -0.4 is 5.32 Å². The van der Waals surface area contributed by atoms with E-state index in [2.05, 4.69) is 60.4 Å². The number of rotatable bonds is 4. The largest absolute Gasteiger partial charge is 0.363 e. The predicted octanol–water partition coefficient (Wildman–Crippen LogP) is 4.15. The summed E-state index contributed by atoms with van der Waals surface area (Å²) in [6.07, 6.45) is 4.79. The van der Waals surface area contributed by atoms with E-state index in [-0.39, 0.29) is 6.04 Å². The van der Waals surface area contributed by atoms with Crippen molar-refractivity contribution in [2.45, 2.75) is 13.0 Å². The fraction of sp³-hybridized carbons (Fsp3) is 0.111. The number of halogens is 1. The molecule has 0 amide bonds. The normalized spacial score (nSPS) is 12.2. The first-order chi connectivity index (χ1) is 12.2. The molecule has 0 radical (unpaired) electrons. The Bertz CT molecular complexity index is 998. The minimum atomic E-state index is 0.0990. The van der Waals surface area contributed by atoms with Crippen LogP contribution in [0.1, 0.15) is 18.5 Å². The van der Waals surface area contributed by atoms with Gasteiger partial charge in [0.05, 0.1) is 11.2 Å². The Labute approximate surface area is 153 Å². The van der Waals surface area contributed by atoms with Gasteiger partial charge in [-0.25, -0.2) is 19.6 Å². The molecule has 0 aliphatic rings. The molecular weight excluding hydrogens is 380 g/mol. The third-order valence-corrected chi connectivity index (χ3v) is 4.52. The summed E-state index contributed by atoms with van der Waals surface area (Å²) in [6, 6.07) is 14.3. The highest BCUT2D eigenvalue weighted by Gasteiger charge is 2.10. The van der Waals surface area contributed by atoms with E-state index >= 15 is 0 Å². The van der Waals surface area contributed by atoms with Gasteiger partial charge in [0.2, 0.25) is 0 Å². The monoisotopic (exact) mass is 394 g/mol. The second kappa shape index (κ2) is 6.60. The fourth-order valence-electron chi connectivity index (χ4n) is 2.69. The van der Waals surface area contributed by atoms with Crippen molar-refractivity contribution >= 4 is 32.7 Å². The fourth-order valence-corrected chi connectivity index (χ4v) is 3.05. The molecule has 1 unspecified atom stereocenters. The van der Waals surface area contributed by atoms with E-state index in [9.17, 15) is 0 Å². The van der Waals surface area contributed by atoms with Gasteiger partial charge in [0.15, 0.2) is 0 Å². The van der Waals surface area contributed by atoms with Gasteiger partial charge in [-0.1, -0.05) is 28.1 Å². The summed E-state index contributed by atoms with van der Waals surface area (Å²) in [5, 5.41) is 8.60. The van der Waals surface area contributed by atoms with Crippen molar-refractivity contribution in [3.8, 4) is 5.69 Å². The van der Waals surface area contributed by atoms with Crippen molar-refractivity contribution in [3.63, 3.8) is 0 Å². The summed E-state index contributed by atoms with van der Waals surface area (Å²) in [5.41, 5.74) is 3.05.